The highest BCUT2D eigenvalue weighted by Gasteiger charge is 2.11. The van der Waals surface area contributed by atoms with Crippen LogP contribution in [0.4, 0.5) is 11.4 Å². The van der Waals surface area contributed by atoms with Gasteiger partial charge in [-0.15, -0.1) is 0 Å². The predicted octanol–water partition coefficient (Wildman–Crippen LogP) is 5.14. The predicted molar refractivity (Wildman–Crippen MR) is 79.1 cm³/mol. The van der Waals surface area contributed by atoms with Crippen LogP contribution in [0.25, 0.3) is 0 Å². The van der Waals surface area contributed by atoms with Crippen LogP contribution in [0.15, 0.2) is 72.4 Å². The molecule has 0 N–H and O–H groups in total. The maximum atomic E-state index is 2.31. The molecule has 0 unspecified atom stereocenters. The number of benzene rings is 2. The molecule has 92 valence electrons. The lowest BCUT2D eigenvalue weighted by Crippen LogP contribution is -2.15. The highest BCUT2D eigenvalue weighted by Crippen LogP contribution is 2.30. The minimum absolute atomic E-state index is 1.01. The molecule has 0 aliphatic rings. The van der Waals surface area contributed by atoms with Gasteiger partial charge in [-0.1, -0.05) is 49.4 Å². The first-order valence-electron chi connectivity index (χ1n) is 6.42. The molecular formula is C17H19N. The monoisotopic (exact) mass is 237 g/mol. The summed E-state index contributed by atoms with van der Waals surface area (Å²) in [7, 11) is 0. The van der Waals surface area contributed by atoms with E-state index in [9.17, 15) is 0 Å². The van der Waals surface area contributed by atoms with E-state index in [0.717, 1.165) is 6.42 Å². The van der Waals surface area contributed by atoms with Crippen LogP contribution in [0.5, 0.6) is 0 Å². The van der Waals surface area contributed by atoms with Crippen molar-refractivity contribution in [2.75, 3.05) is 4.90 Å². The lowest BCUT2D eigenvalue weighted by atomic mass is 10.2. The van der Waals surface area contributed by atoms with Crippen LogP contribution in [-0.2, 0) is 0 Å². The molecular weight excluding hydrogens is 218 g/mol. The van der Waals surface area contributed by atoms with E-state index in [1.54, 1.807) is 0 Å². The average molecular weight is 237 g/mol. The standard InChI is InChI=1S/C17H19N/c1-3-15(4-2)18(16-11-7-5-8-12-16)17-13-9-6-10-14-17/h3,5-14H,4H2,1-2H3/b15-3+. The second-order valence-corrected chi connectivity index (χ2v) is 4.14. The Labute approximate surface area is 109 Å². The summed E-state index contributed by atoms with van der Waals surface area (Å²) in [6.45, 7) is 4.28. The maximum Gasteiger partial charge on any atom is 0.0458 e. The maximum absolute atomic E-state index is 2.31. The summed E-state index contributed by atoms with van der Waals surface area (Å²) < 4.78 is 0. The van der Waals surface area contributed by atoms with Gasteiger partial charge in [0.1, 0.15) is 0 Å². The summed E-state index contributed by atoms with van der Waals surface area (Å²) in [5, 5.41) is 0. The number of para-hydroxylation sites is 2. The highest BCUT2D eigenvalue weighted by molar-refractivity contribution is 5.68. The Morgan fingerprint density at radius 1 is 0.889 bits per heavy atom. The van der Waals surface area contributed by atoms with E-state index in [-0.39, 0.29) is 0 Å². The van der Waals surface area contributed by atoms with Gasteiger partial charge >= 0.3 is 0 Å². The zero-order valence-corrected chi connectivity index (χ0v) is 11.0. The Hall–Kier alpha value is -2.02. The molecule has 2 aromatic rings. The summed E-state index contributed by atoms with van der Waals surface area (Å²) in [6, 6.07) is 21.0. The minimum Gasteiger partial charge on any atom is -0.315 e. The van der Waals surface area contributed by atoms with Gasteiger partial charge in [-0.25, -0.2) is 0 Å². The number of hydrogen-bond acceptors (Lipinski definition) is 1. The van der Waals surface area contributed by atoms with Crippen LogP contribution in [0.1, 0.15) is 20.3 Å². The van der Waals surface area contributed by atoms with Gasteiger partial charge in [0, 0.05) is 17.1 Å². The third-order valence-corrected chi connectivity index (χ3v) is 3.01. The number of allylic oxidation sites excluding steroid dienone is 2. The second-order valence-electron chi connectivity index (χ2n) is 4.14. The van der Waals surface area contributed by atoms with Crippen molar-refractivity contribution < 1.29 is 0 Å². The molecule has 0 saturated heterocycles. The van der Waals surface area contributed by atoms with E-state index in [1.807, 2.05) is 12.1 Å². The van der Waals surface area contributed by atoms with E-state index in [0.29, 0.717) is 0 Å². The van der Waals surface area contributed by atoms with Crippen molar-refractivity contribution in [3.8, 4) is 0 Å². The van der Waals surface area contributed by atoms with E-state index in [2.05, 4.69) is 73.4 Å². The number of anilines is 2. The number of hydrogen-bond donors (Lipinski definition) is 0. The molecule has 0 bridgehead atoms. The van der Waals surface area contributed by atoms with Gasteiger partial charge in [0.05, 0.1) is 0 Å². The molecule has 0 fully saturated rings. The third-order valence-electron chi connectivity index (χ3n) is 3.01. The molecule has 1 heteroatoms. The van der Waals surface area contributed by atoms with Crippen molar-refractivity contribution in [2.24, 2.45) is 0 Å². The lowest BCUT2D eigenvalue weighted by molar-refractivity contribution is 1.01. The molecule has 0 saturated carbocycles. The molecule has 0 heterocycles. The van der Waals surface area contributed by atoms with Crippen LogP contribution in [-0.4, -0.2) is 0 Å². The molecule has 0 spiro atoms. The Morgan fingerprint density at radius 3 is 1.67 bits per heavy atom. The smallest absolute Gasteiger partial charge is 0.0458 e. The van der Waals surface area contributed by atoms with Crippen molar-refractivity contribution in [3.63, 3.8) is 0 Å². The van der Waals surface area contributed by atoms with Crippen LogP contribution in [0, 0.1) is 0 Å². The summed E-state index contributed by atoms with van der Waals surface area (Å²) in [6.07, 6.45) is 3.19. The summed E-state index contributed by atoms with van der Waals surface area (Å²) in [5.74, 6) is 0. The van der Waals surface area contributed by atoms with Crippen LogP contribution in [0.3, 0.4) is 0 Å². The van der Waals surface area contributed by atoms with E-state index in [4.69, 9.17) is 0 Å². The fraction of sp³-hybridized carbons (Fsp3) is 0.176. The number of rotatable bonds is 4. The summed E-state index contributed by atoms with van der Waals surface area (Å²) in [5.41, 5.74) is 3.73. The first kappa shape index (κ1) is 12.4. The Bertz CT molecular complexity index is 460. The van der Waals surface area contributed by atoms with Crippen LogP contribution in [0.2, 0.25) is 0 Å². The molecule has 0 aromatic heterocycles. The summed E-state index contributed by atoms with van der Waals surface area (Å²) in [4.78, 5) is 2.31. The zero-order chi connectivity index (χ0) is 12.8. The van der Waals surface area contributed by atoms with Gasteiger partial charge < -0.3 is 4.90 Å². The zero-order valence-electron chi connectivity index (χ0n) is 11.0. The quantitative estimate of drug-likeness (QED) is 0.711. The fourth-order valence-electron chi connectivity index (χ4n) is 2.13. The third kappa shape index (κ3) is 2.62. The van der Waals surface area contributed by atoms with Gasteiger partial charge in [0.2, 0.25) is 0 Å². The largest absolute Gasteiger partial charge is 0.315 e. The van der Waals surface area contributed by atoms with Gasteiger partial charge in [-0.3, -0.25) is 0 Å². The average Bonchev–Trinajstić information content (AvgIpc) is 2.46. The molecule has 18 heavy (non-hydrogen) atoms. The van der Waals surface area contributed by atoms with E-state index >= 15 is 0 Å². The van der Waals surface area contributed by atoms with Gasteiger partial charge in [-0.05, 0) is 37.6 Å². The highest BCUT2D eigenvalue weighted by atomic mass is 15.1. The van der Waals surface area contributed by atoms with Crippen molar-refractivity contribution in [3.05, 3.63) is 72.4 Å². The molecule has 1 nitrogen and oxygen atoms in total. The fourth-order valence-corrected chi connectivity index (χ4v) is 2.13. The Morgan fingerprint density at radius 2 is 1.33 bits per heavy atom. The molecule has 2 aromatic carbocycles. The van der Waals surface area contributed by atoms with Crippen molar-refractivity contribution in [1.29, 1.82) is 0 Å². The van der Waals surface area contributed by atoms with E-state index in [1.165, 1.54) is 17.1 Å². The molecule has 0 aliphatic carbocycles. The van der Waals surface area contributed by atoms with E-state index < -0.39 is 0 Å². The van der Waals surface area contributed by atoms with Crippen molar-refractivity contribution in [2.45, 2.75) is 20.3 Å². The normalized spacial score (nSPS) is 11.3. The Balaban J connectivity index is 2.48. The van der Waals surface area contributed by atoms with Gasteiger partial charge in [0.15, 0.2) is 0 Å². The molecule has 2 rings (SSSR count). The Kier molecular flexibility index (Phi) is 4.19. The number of nitrogens with zero attached hydrogens (tertiary/aromatic N) is 1. The molecule has 0 aliphatic heterocycles. The van der Waals surface area contributed by atoms with Crippen molar-refractivity contribution in [1.82, 2.24) is 0 Å². The van der Waals surface area contributed by atoms with Crippen molar-refractivity contribution >= 4 is 11.4 Å². The first-order valence-corrected chi connectivity index (χ1v) is 6.42. The van der Waals surface area contributed by atoms with Gasteiger partial charge in [-0.2, -0.15) is 0 Å². The minimum atomic E-state index is 1.01. The summed E-state index contributed by atoms with van der Waals surface area (Å²) >= 11 is 0. The molecule has 0 atom stereocenters. The topological polar surface area (TPSA) is 3.24 Å². The van der Waals surface area contributed by atoms with Gasteiger partial charge in [0.25, 0.3) is 0 Å². The SMILES string of the molecule is C/C=C(\CC)N(c1ccccc1)c1ccccc1. The molecule has 0 amide bonds. The molecule has 0 radical (unpaired) electrons. The van der Waals surface area contributed by atoms with Crippen LogP contribution < -0.4 is 4.90 Å². The first-order chi connectivity index (χ1) is 8.86. The second kappa shape index (κ2) is 6.06. The lowest BCUT2D eigenvalue weighted by Gasteiger charge is -2.27. The van der Waals surface area contributed by atoms with Crippen LogP contribution >= 0.6 is 0 Å².